The van der Waals surface area contributed by atoms with Crippen molar-refractivity contribution in [2.24, 2.45) is 7.05 Å². The molecule has 0 radical (unpaired) electrons. The molecule has 0 aliphatic heterocycles. The number of ether oxygens (including phenoxy) is 1. The van der Waals surface area contributed by atoms with Gasteiger partial charge in [-0.15, -0.1) is 0 Å². The lowest BCUT2D eigenvalue weighted by molar-refractivity contribution is 0.0601. The van der Waals surface area contributed by atoms with Crippen LogP contribution in [0.3, 0.4) is 0 Å². The first-order valence-electron chi connectivity index (χ1n) is 6.11. The molecule has 1 aromatic carbocycles. The number of carbonyl (C=O) groups excluding carboxylic acids is 1. The molecule has 1 N–H and O–H groups in total. The van der Waals surface area contributed by atoms with E-state index in [1.165, 1.54) is 7.11 Å². The number of nitriles is 1. The molecule has 0 unspecified atom stereocenters. The normalized spacial score (nSPS) is 9.85. The summed E-state index contributed by atoms with van der Waals surface area (Å²) < 4.78 is 6.46. The zero-order chi connectivity index (χ0) is 14.5. The summed E-state index contributed by atoms with van der Waals surface area (Å²) in [7, 11) is 3.19. The highest BCUT2D eigenvalue weighted by Gasteiger charge is 2.06. The third-order valence-corrected chi connectivity index (χ3v) is 2.96. The molecule has 0 atom stereocenters. The highest BCUT2D eigenvalue weighted by atomic mass is 16.5. The molecule has 5 heteroatoms. The van der Waals surface area contributed by atoms with Crippen molar-refractivity contribution < 1.29 is 9.53 Å². The van der Waals surface area contributed by atoms with Crippen molar-refractivity contribution in [1.29, 1.82) is 5.26 Å². The van der Waals surface area contributed by atoms with Gasteiger partial charge in [-0.05, 0) is 29.8 Å². The van der Waals surface area contributed by atoms with Crippen molar-refractivity contribution in [3.63, 3.8) is 0 Å². The van der Waals surface area contributed by atoms with E-state index in [0.29, 0.717) is 17.8 Å². The molecule has 0 fully saturated rings. The number of nitrogens with one attached hydrogen (secondary N) is 1. The molecule has 0 saturated carbocycles. The van der Waals surface area contributed by atoms with Crippen molar-refractivity contribution in [1.82, 2.24) is 4.57 Å². The third kappa shape index (κ3) is 2.98. The number of methoxy groups -OCH3 is 1. The number of rotatable bonds is 4. The molecular weight excluding hydrogens is 254 g/mol. The predicted octanol–water partition coefficient (Wildman–Crippen LogP) is 2.30. The Bertz CT molecular complexity index is 668. The minimum atomic E-state index is -0.361. The first-order valence-corrected chi connectivity index (χ1v) is 6.11. The average Bonchev–Trinajstić information content (AvgIpc) is 2.85. The monoisotopic (exact) mass is 269 g/mol. The van der Waals surface area contributed by atoms with Crippen LogP contribution in [0.4, 0.5) is 5.69 Å². The minimum absolute atomic E-state index is 0.361. The Hall–Kier alpha value is -2.74. The van der Waals surface area contributed by atoms with E-state index in [-0.39, 0.29) is 5.97 Å². The molecule has 0 aliphatic rings. The van der Waals surface area contributed by atoms with Crippen LogP contribution in [0.2, 0.25) is 0 Å². The van der Waals surface area contributed by atoms with Crippen LogP contribution in [-0.4, -0.2) is 17.6 Å². The Balaban J connectivity index is 2.07. The highest BCUT2D eigenvalue weighted by molar-refractivity contribution is 5.90. The lowest BCUT2D eigenvalue weighted by Crippen LogP contribution is -2.03. The number of nitrogens with zero attached hydrogens (tertiary/aromatic N) is 2. The lowest BCUT2D eigenvalue weighted by Gasteiger charge is -2.06. The zero-order valence-electron chi connectivity index (χ0n) is 11.4. The Morgan fingerprint density at radius 3 is 2.90 bits per heavy atom. The quantitative estimate of drug-likeness (QED) is 0.865. The van der Waals surface area contributed by atoms with Gasteiger partial charge in [-0.2, -0.15) is 5.26 Å². The Morgan fingerprint density at radius 1 is 1.45 bits per heavy atom. The predicted molar refractivity (Wildman–Crippen MR) is 75.2 cm³/mol. The summed E-state index contributed by atoms with van der Waals surface area (Å²) >= 11 is 0. The van der Waals surface area contributed by atoms with Crippen molar-refractivity contribution in [3.05, 3.63) is 53.3 Å². The van der Waals surface area contributed by atoms with E-state index in [2.05, 4.69) is 16.1 Å². The second-order valence-corrected chi connectivity index (χ2v) is 4.38. The summed E-state index contributed by atoms with van der Waals surface area (Å²) in [6.45, 7) is 0.583. The summed E-state index contributed by atoms with van der Waals surface area (Å²) in [6.07, 6.45) is 1.90. The summed E-state index contributed by atoms with van der Waals surface area (Å²) in [5, 5.41) is 12.1. The van der Waals surface area contributed by atoms with E-state index in [9.17, 15) is 4.79 Å². The van der Waals surface area contributed by atoms with Crippen LogP contribution >= 0.6 is 0 Å². The largest absolute Gasteiger partial charge is 0.465 e. The summed E-state index contributed by atoms with van der Waals surface area (Å²) in [5.41, 5.74) is 2.95. The van der Waals surface area contributed by atoms with Gasteiger partial charge < -0.3 is 14.6 Å². The smallest absolute Gasteiger partial charge is 0.337 e. The summed E-state index contributed by atoms with van der Waals surface area (Å²) in [5.74, 6) is -0.361. The van der Waals surface area contributed by atoms with Crippen LogP contribution in [-0.2, 0) is 18.3 Å². The second-order valence-electron chi connectivity index (χ2n) is 4.38. The fourth-order valence-electron chi connectivity index (χ4n) is 1.92. The number of hydrogen-bond acceptors (Lipinski definition) is 4. The van der Waals surface area contributed by atoms with Gasteiger partial charge in [-0.25, -0.2) is 4.79 Å². The fourth-order valence-corrected chi connectivity index (χ4v) is 1.92. The van der Waals surface area contributed by atoms with E-state index in [4.69, 9.17) is 5.26 Å². The number of esters is 1. The van der Waals surface area contributed by atoms with Crippen molar-refractivity contribution in [3.8, 4) is 6.07 Å². The Morgan fingerprint density at radius 2 is 2.25 bits per heavy atom. The molecule has 1 aromatic heterocycles. The number of hydrogen-bond donors (Lipinski definition) is 1. The van der Waals surface area contributed by atoms with E-state index in [0.717, 1.165) is 11.3 Å². The first-order chi connectivity index (χ1) is 9.63. The molecule has 1 heterocycles. The minimum Gasteiger partial charge on any atom is -0.465 e. The summed E-state index contributed by atoms with van der Waals surface area (Å²) in [4.78, 5) is 11.4. The topological polar surface area (TPSA) is 67.0 Å². The van der Waals surface area contributed by atoms with Crippen molar-refractivity contribution in [2.75, 3.05) is 12.4 Å². The number of aromatic nitrogens is 1. The molecule has 0 bridgehead atoms. The number of aryl methyl sites for hydroxylation is 1. The van der Waals surface area contributed by atoms with Crippen LogP contribution in [0.1, 0.15) is 21.6 Å². The van der Waals surface area contributed by atoms with Gasteiger partial charge >= 0.3 is 5.97 Å². The molecule has 2 rings (SSSR count). The Labute approximate surface area is 117 Å². The standard InChI is InChI=1S/C15H15N3O2/c1-18-10-11(6-14(18)8-16)9-17-13-5-3-4-12(7-13)15(19)20-2/h3-7,10,17H,9H2,1-2H3. The maximum atomic E-state index is 11.4. The van der Waals surface area contributed by atoms with Crippen LogP contribution in [0.25, 0.3) is 0 Å². The molecular formula is C15H15N3O2. The molecule has 0 saturated heterocycles. The van der Waals surface area contributed by atoms with Crippen LogP contribution in [0, 0.1) is 11.3 Å². The molecule has 0 aliphatic carbocycles. The first kappa shape index (κ1) is 13.7. The van der Waals surface area contributed by atoms with Gasteiger partial charge in [0.1, 0.15) is 11.8 Å². The van der Waals surface area contributed by atoms with Crippen LogP contribution < -0.4 is 5.32 Å². The Kier molecular flexibility index (Phi) is 4.06. The lowest BCUT2D eigenvalue weighted by atomic mass is 10.2. The van der Waals surface area contributed by atoms with Crippen LogP contribution in [0.15, 0.2) is 36.5 Å². The molecule has 20 heavy (non-hydrogen) atoms. The van der Waals surface area contributed by atoms with Gasteiger partial charge in [0.05, 0.1) is 12.7 Å². The van der Waals surface area contributed by atoms with Crippen LogP contribution in [0.5, 0.6) is 0 Å². The van der Waals surface area contributed by atoms with E-state index in [1.54, 1.807) is 22.8 Å². The summed E-state index contributed by atoms with van der Waals surface area (Å²) in [6, 6.07) is 11.1. The number of anilines is 1. The number of benzene rings is 1. The van der Waals surface area contributed by atoms with Gasteiger partial charge in [-0.3, -0.25) is 0 Å². The van der Waals surface area contributed by atoms with Gasteiger partial charge in [0, 0.05) is 25.5 Å². The molecule has 102 valence electrons. The zero-order valence-corrected chi connectivity index (χ0v) is 11.4. The van der Waals surface area contributed by atoms with Gasteiger partial charge in [-0.1, -0.05) is 6.07 Å². The molecule has 2 aromatic rings. The number of carbonyl (C=O) groups is 1. The maximum Gasteiger partial charge on any atom is 0.337 e. The SMILES string of the molecule is COC(=O)c1cccc(NCc2cc(C#N)n(C)c2)c1. The van der Waals surface area contributed by atoms with E-state index < -0.39 is 0 Å². The maximum absolute atomic E-state index is 11.4. The fraction of sp³-hybridized carbons (Fsp3) is 0.200. The van der Waals surface area contributed by atoms with E-state index >= 15 is 0 Å². The van der Waals surface area contributed by atoms with Gasteiger partial charge in [0.15, 0.2) is 0 Å². The molecule has 0 spiro atoms. The molecule has 0 amide bonds. The van der Waals surface area contributed by atoms with Crippen molar-refractivity contribution >= 4 is 11.7 Å². The average molecular weight is 269 g/mol. The molecule has 5 nitrogen and oxygen atoms in total. The highest BCUT2D eigenvalue weighted by Crippen LogP contribution is 2.14. The second kappa shape index (κ2) is 5.93. The van der Waals surface area contributed by atoms with E-state index in [1.807, 2.05) is 25.4 Å². The third-order valence-electron chi connectivity index (χ3n) is 2.96. The van der Waals surface area contributed by atoms with Gasteiger partial charge in [0.25, 0.3) is 0 Å². The van der Waals surface area contributed by atoms with Crippen molar-refractivity contribution in [2.45, 2.75) is 6.54 Å². The van der Waals surface area contributed by atoms with Gasteiger partial charge in [0.2, 0.25) is 0 Å².